The molecule has 0 saturated heterocycles. The lowest BCUT2D eigenvalue weighted by atomic mass is 9.72. The summed E-state index contributed by atoms with van der Waals surface area (Å²) in [5.41, 5.74) is 13.8. The van der Waals surface area contributed by atoms with Gasteiger partial charge in [0.1, 0.15) is 0 Å². The third kappa shape index (κ3) is 4.74. The number of ether oxygens (including phenoxy) is 1. The molecular formula is C49H36N2O. The minimum Gasteiger partial charge on any atom is -0.453 e. The van der Waals surface area contributed by atoms with Crippen LogP contribution in [0.5, 0.6) is 11.5 Å². The van der Waals surface area contributed by atoms with Crippen molar-refractivity contribution >= 4 is 44.9 Å². The molecule has 8 aromatic rings. The summed E-state index contributed by atoms with van der Waals surface area (Å²) in [5, 5.41) is 2.38. The van der Waals surface area contributed by atoms with Gasteiger partial charge in [-0.05, 0) is 99.4 Å². The molecular weight excluding hydrogens is 633 g/mol. The Labute approximate surface area is 304 Å². The highest BCUT2D eigenvalue weighted by Gasteiger charge is 2.42. The number of fused-ring (bicyclic) bond motifs is 6. The smallest absolute Gasteiger partial charge is 0.152 e. The van der Waals surface area contributed by atoms with Crippen LogP contribution in [0.25, 0.3) is 33.0 Å². The molecule has 0 atom stereocenters. The second-order valence-electron chi connectivity index (χ2n) is 14.2. The van der Waals surface area contributed by atoms with Crippen molar-refractivity contribution in [3.8, 4) is 33.8 Å². The first-order valence-corrected chi connectivity index (χ1v) is 17.9. The average molecular weight is 669 g/mol. The third-order valence-corrected chi connectivity index (χ3v) is 10.8. The van der Waals surface area contributed by atoms with Crippen LogP contribution in [0.15, 0.2) is 182 Å². The molecule has 3 heteroatoms. The van der Waals surface area contributed by atoms with Gasteiger partial charge in [-0.1, -0.05) is 135 Å². The first-order valence-electron chi connectivity index (χ1n) is 17.9. The van der Waals surface area contributed by atoms with E-state index in [0.717, 1.165) is 51.1 Å². The molecule has 0 amide bonds. The summed E-state index contributed by atoms with van der Waals surface area (Å²) in [6, 6.07) is 65.2. The van der Waals surface area contributed by atoms with Gasteiger partial charge in [0, 0.05) is 27.9 Å². The minimum atomic E-state index is -0.241. The van der Waals surface area contributed by atoms with Crippen molar-refractivity contribution in [3.63, 3.8) is 0 Å². The Bertz CT molecular complexity index is 2610. The van der Waals surface area contributed by atoms with Crippen molar-refractivity contribution in [1.29, 1.82) is 0 Å². The van der Waals surface area contributed by atoms with Gasteiger partial charge in [-0.3, -0.25) is 0 Å². The molecule has 0 radical (unpaired) electrons. The first kappa shape index (κ1) is 30.3. The third-order valence-electron chi connectivity index (χ3n) is 10.8. The number of anilines is 6. The highest BCUT2D eigenvalue weighted by Crippen LogP contribution is 2.61. The van der Waals surface area contributed by atoms with E-state index in [1.165, 1.54) is 38.7 Å². The van der Waals surface area contributed by atoms with Crippen LogP contribution in [0.1, 0.15) is 25.0 Å². The van der Waals surface area contributed by atoms with Crippen LogP contribution in [0, 0.1) is 0 Å². The number of para-hydroxylation sites is 2. The van der Waals surface area contributed by atoms with Crippen molar-refractivity contribution in [2.24, 2.45) is 0 Å². The van der Waals surface area contributed by atoms with E-state index in [1.54, 1.807) is 0 Å². The van der Waals surface area contributed by atoms with Gasteiger partial charge in [-0.25, -0.2) is 0 Å². The molecule has 0 aromatic heterocycles. The Balaban J connectivity index is 1.08. The minimum absolute atomic E-state index is 0.241. The number of benzene rings is 8. The molecule has 0 saturated carbocycles. The van der Waals surface area contributed by atoms with Gasteiger partial charge in [0.15, 0.2) is 11.5 Å². The van der Waals surface area contributed by atoms with Crippen molar-refractivity contribution < 1.29 is 4.74 Å². The monoisotopic (exact) mass is 668 g/mol. The van der Waals surface area contributed by atoms with Gasteiger partial charge in [0.2, 0.25) is 0 Å². The summed E-state index contributed by atoms with van der Waals surface area (Å²) in [4.78, 5) is 4.76. The Morgan fingerprint density at radius 3 is 1.75 bits per heavy atom. The first-order chi connectivity index (χ1) is 25.5. The molecule has 0 aliphatic carbocycles. The topological polar surface area (TPSA) is 15.7 Å². The fourth-order valence-corrected chi connectivity index (χ4v) is 8.18. The molecule has 0 fully saturated rings. The zero-order valence-corrected chi connectivity index (χ0v) is 29.1. The van der Waals surface area contributed by atoms with Crippen LogP contribution >= 0.6 is 0 Å². The summed E-state index contributed by atoms with van der Waals surface area (Å²) < 4.78 is 6.87. The van der Waals surface area contributed by atoms with Gasteiger partial charge >= 0.3 is 0 Å². The second-order valence-corrected chi connectivity index (χ2v) is 14.2. The maximum absolute atomic E-state index is 6.87. The molecule has 2 aliphatic rings. The van der Waals surface area contributed by atoms with Gasteiger partial charge < -0.3 is 14.5 Å². The average Bonchev–Trinajstić information content (AvgIpc) is 3.20. The Morgan fingerprint density at radius 2 is 1.02 bits per heavy atom. The van der Waals surface area contributed by atoms with Crippen molar-refractivity contribution in [2.45, 2.75) is 19.3 Å². The van der Waals surface area contributed by atoms with E-state index >= 15 is 0 Å². The molecule has 2 heterocycles. The highest BCUT2D eigenvalue weighted by atomic mass is 16.5. The molecule has 0 spiro atoms. The lowest BCUT2D eigenvalue weighted by Gasteiger charge is -2.45. The Kier molecular flexibility index (Phi) is 6.84. The molecule has 248 valence electrons. The van der Waals surface area contributed by atoms with Gasteiger partial charge in [0.25, 0.3) is 0 Å². The molecule has 0 bridgehead atoms. The molecule has 8 aromatic carbocycles. The maximum atomic E-state index is 6.87. The van der Waals surface area contributed by atoms with Crippen LogP contribution in [-0.2, 0) is 5.41 Å². The van der Waals surface area contributed by atoms with Crippen LogP contribution in [-0.4, -0.2) is 0 Å². The van der Waals surface area contributed by atoms with E-state index in [2.05, 4.69) is 206 Å². The number of nitrogens with zero attached hydrogens (tertiary/aromatic N) is 2. The lowest BCUT2D eigenvalue weighted by Crippen LogP contribution is -2.32. The van der Waals surface area contributed by atoms with E-state index in [0.29, 0.717) is 0 Å². The summed E-state index contributed by atoms with van der Waals surface area (Å²) in [6.07, 6.45) is 0. The quantitative estimate of drug-likeness (QED) is 0.182. The largest absolute Gasteiger partial charge is 0.453 e. The molecule has 3 nitrogen and oxygen atoms in total. The predicted molar refractivity (Wildman–Crippen MR) is 216 cm³/mol. The van der Waals surface area contributed by atoms with E-state index in [1.807, 2.05) is 0 Å². The van der Waals surface area contributed by atoms with Crippen LogP contribution in [0.3, 0.4) is 0 Å². The van der Waals surface area contributed by atoms with Crippen LogP contribution in [0.2, 0.25) is 0 Å². The standard InChI is InChI=1S/C49H36N2O/c1-49(2)42-19-11-12-20-44(42)51-47-41-18-10-9-15-36(41)25-30-45(47)52-46-32-37(31-43(49)48(46)51)35-23-28-40(29-24-35)50(38-16-7-4-8-17-38)39-26-21-34(22-27-39)33-13-5-3-6-14-33/h3-32H,1-2H3. The predicted octanol–water partition coefficient (Wildman–Crippen LogP) is 13.9. The summed E-state index contributed by atoms with van der Waals surface area (Å²) in [6.45, 7) is 4.68. The zero-order valence-electron chi connectivity index (χ0n) is 29.1. The van der Waals surface area contributed by atoms with Crippen molar-refractivity contribution in [1.82, 2.24) is 0 Å². The zero-order chi connectivity index (χ0) is 34.8. The number of hydrogen-bond acceptors (Lipinski definition) is 3. The summed E-state index contributed by atoms with van der Waals surface area (Å²) in [7, 11) is 0. The Hall–Kier alpha value is -6.58. The van der Waals surface area contributed by atoms with E-state index in [9.17, 15) is 0 Å². The van der Waals surface area contributed by atoms with Crippen LogP contribution in [0.4, 0.5) is 34.1 Å². The lowest BCUT2D eigenvalue weighted by molar-refractivity contribution is 0.472. The van der Waals surface area contributed by atoms with Gasteiger partial charge in [-0.2, -0.15) is 0 Å². The highest BCUT2D eigenvalue weighted by molar-refractivity contribution is 6.06. The molecule has 2 aliphatic heterocycles. The fraction of sp³-hybridized carbons (Fsp3) is 0.0612. The number of hydrogen-bond donors (Lipinski definition) is 0. The Morgan fingerprint density at radius 1 is 0.442 bits per heavy atom. The fourth-order valence-electron chi connectivity index (χ4n) is 8.18. The van der Waals surface area contributed by atoms with Crippen molar-refractivity contribution in [2.75, 3.05) is 9.80 Å². The van der Waals surface area contributed by atoms with Gasteiger partial charge in [0.05, 0.1) is 17.1 Å². The molecule has 52 heavy (non-hydrogen) atoms. The summed E-state index contributed by atoms with van der Waals surface area (Å²) >= 11 is 0. The molecule has 10 rings (SSSR count). The SMILES string of the molecule is CC1(C)c2ccccc2N2c3c(cc(-c4ccc(N(c5ccccc5)c5ccc(-c6ccccc6)cc5)cc4)cc31)Oc1ccc3ccccc3c12. The van der Waals surface area contributed by atoms with E-state index in [4.69, 9.17) is 4.74 Å². The van der Waals surface area contributed by atoms with E-state index < -0.39 is 0 Å². The molecule has 0 N–H and O–H groups in total. The van der Waals surface area contributed by atoms with E-state index in [-0.39, 0.29) is 5.41 Å². The number of rotatable bonds is 5. The van der Waals surface area contributed by atoms with Gasteiger partial charge in [-0.15, -0.1) is 0 Å². The molecule has 0 unspecified atom stereocenters. The normalized spacial score (nSPS) is 13.5. The maximum Gasteiger partial charge on any atom is 0.152 e. The van der Waals surface area contributed by atoms with Crippen LogP contribution < -0.4 is 14.5 Å². The second kappa shape index (κ2) is 11.8. The van der Waals surface area contributed by atoms with Crippen molar-refractivity contribution in [3.05, 3.63) is 193 Å². The summed E-state index contributed by atoms with van der Waals surface area (Å²) in [5.74, 6) is 1.75.